The van der Waals surface area contributed by atoms with Crippen LogP contribution in [0.25, 0.3) is 0 Å². The van der Waals surface area contributed by atoms with Crippen LogP contribution < -0.4 is 0 Å². The molecule has 0 aliphatic heterocycles. The third kappa shape index (κ3) is 3.63. The highest BCUT2D eigenvalue weighted by Gasteiger charge is 2.14. The molecule has 0 spiro atoms. The Labute approximate surface area is 127 Å². The van der Waals surface area contributed by atoms with E-state index in [1.165, 1.54) is 29.2 Å². The predicted molar refractivity (Wildman–Crippen MR) is 79.8 cm³/mol. The van der Waals surface area contributed by atoms with Gasteiger partial charge < -0.3 is 5.21 Å². The van der Waals surface area contributed by atoms with Crippen LogP contribution in [-0.2, 0) is 0 Å². The minimum absolute atomic E-state index is 0.296. The molecule has 0 aliphatic carbocycles. The van der Waals surface area contributed by atoms with E-state index in [-0.39, 0.29) is 5.82 Å². The molecule has 0 fully saturated rings. The maximum atomic E-state index is 13.5. The van der Waals surface area contributed by atoms with E-state index in [0.717, 1.165) is 0 Å². The van der Waals surface area contributed by atoms with E-state index in [9.17, 15) is 4.39 Å². The number of halogens is 3. The van der Waals surface area contributed by atoms with E-state index in [4.69, 9.17) is 28.4 Å². The smallest absolute Gasteiger partial charge is 0.136 e. The van der Waals surface area contributed by atoms with Crippen LogP contribution >= 0.6 is 46.3 Å². The molecule has 1 heterocycles. The van der Waals surface area contributed by atoms with Crippen molar-refractivity contribution in [1.82, 2.24) is 0 Å². The fourth-order valence-corrected chi connectivity index (χ4v) is 3.80. The van der Waals surface area contributed by atoms with Gasteiger partial charge >= 0.3 is 0 Å². The third-order valence-electron chi connectivity index (χ3n) is 2.29. The molecule has 7 heteroatoms. The number of thiophene rings is 1. The maximum Gasteiger partial charge on any atom is 0.136 e. The highest BCUT2D eigenvalue weighted by Crippen LogP contribution is 2.33. The molecule has 0 saturated carbocycles. The van der Waals surface area contributed by atoms with Crippen LogP contribution in [0.2, 0.25) is 8.67 Å². The first-order valence-corrected chi connectivity index (χ1v) is 7.71. The lowest BCUT2D eigenvalue weighted by Gasteiger charge is -2.04. The van der Waals surface area contributed by atoms with Crippen LogP contribution in [0.15, 0.2) is 40.4 Å². The summed E-state index contributed by atoms with van der Waals surface area (Å²) in [5.74, 6) is -0.0104. The second kappa shape index (κ2) is 6.61. The fraction of sp³-hybridized carbons (Fsp3) is 0.0833. The summed E-state index contributed by atoms with van der Waals surface area (Å²) in [5, 5.41) is 12.3. The van der Waals surface area contributed by atoms with Gasteiger partial charge in [-0.3, -0.25) is 0 Å². The summed E-state index contributed by atoms with van der Waals surface area (Å²) in [4.78, 5) is 0.487. The Morgan fingerprint density at radius 2 is 2.11 bits per heavy atom. The average molecular weight is 336 g/mol. The van der Waals surface area contributed by atoms with Gasteiger partial charge in [-0.25, -0.2) is 4.39 Å². The van der Waals surface area contributed by atoms with Crippen molar-refractivity contribution in [2.75, 3.05) is 5.75 Å². The first kappa shape index (κ1) is 14.7. The quantitative estimate of drug-likeness (QED) is 0.362. The van der Waals surface area contributed by atoms with Crippen LogP contribution in [0.1, 0.15) is 5.56 Å². The molecule has 1 aromatic heterocycles. The van der Waals surface area contributed by atoms with Gasteiger partial charge in [0.15, 0.2) is 0 Å². The van der Waals surface area contributed by atoms with Gasteiger partial charge in [-0.15, -0.1) is 23.1 Å². The fourth-order valence-electron chi connectivity index (χ4n) is 1.41. The molecule has 0 radical (unpaired) electrons. The van der Waals surface area contributed by atoms with E-state index in [1.807, 2.05) is 0 Å². The van der Waals surface area contributed by atoms with Crippen LogP contribution in [-0.4, -0.2) is 16.7 Å². The van der Waals surface area contributed by atoms with Crippen molar-refractivity contribution >= 4 is 52.0 Å². The molecule has 2 rings (SSSR count). The summed E-state index contributed by atoms with van der Waals surface area (Å²) >= 11 is 14.3. The molecule has 0 bridgehead atoms. The van der Waals surface area contributed by atoms with Gasteiger partial charge in [0.1, 0.15) is 10.2 Å². The molecule has 2 aromatic rings. The first-order chi connectivity index (χ1) is 9.11. The van der Waals surface area contributed by atoms with Crippen LogP contribution in [0, 0.1) is 5.82 Å². The molecule has 0 amide bonds. The number of oxime groups is 1. The standard InChI is InChI=1S/C12H8Cl2FNOS2/c13-11-5-7(12(14)19-11)9(16-17)6-18-10-4-2-1-3-8(10)15/h1-5,17H,6H2/b16-9-. The van der Waals surface area contributed by atoms with Crippen molar-refractivity contribution in [2.45, 2.75) is 4.90 Å². The van der Waals surface area contributed by atoms with Crippen molar-refractivity contribution in [1.29, 1.82) is 0 Å². The van der Waals surface area contributed by atoms with E-state index >= 15 is 0 Å². The van der Waals surface area contributed by atoms with Crippen LogP contribution in [0.3, 0.4) is 0 Å². The molecule has 1 N–H and O–H groups in total. The maximum absolute atomic E-state index is 13.5. The Morgan fingerprint density at radius 3 is 2.68 bits per heavy atom. The number of benzene rings is 1. The molecular weight excluding hydrogens is 328 g/mol. The Hall–Kier alpha value is -0.750. The first-order valence-electron chi connectivity index (χ1n) is 5.15. The van der Waals surface area contributed by atoms with Gasteiger partial charge in [-0.2, -0.15) is 0 Å². The molecule has 0 saturated heterocycles. The highest BCUT2D eigenvalue weighted by molar-refractivity contribution is 8.00. The summed E-state index contributed by atoms with van der Waals surface area (Å²) in [6.45, 7) is 0. The van der Waals surface area contributed by atoms with Gasteiger partial charge in [0.05, 0.1) is 10.0 Å². The van der Waals surface area contributed by atoms with Crippen LogP contribution in [0.4, 0.5) is 4.39 Å². The largest absolute Gasteiger partial charge is 0.411 e. The highest BCUT2D eigenvalue weighted by atomic mass is 35.5. The molecule has 100 valence electrons. The Morgan fingerprint density at radius 1 is 1.37 bits per heavy atom. The number of hydrogen-bond acceptors (Lipinski definition) is 4. The normalized spacial score (nSPS) is 11.8. The number of thioether (sulfide) groups is 1. The lowest BCUT2D eigenvalue weighted by molar-refractivity contribution is 0.319. The molecular formula is C12H8Cl2FNOS2. The molecule has 0 aliphatic rings. The minimum Gasteiger partial charge on any atom is -0.411 e. The second-order valence-corrected chi connectivity index (χ2v) is 6.81. The Bertz CT molecular complexity index is 616. The van der Waals surface area contributed by atoms with Crippen molar-refractivity contribution in [3.8, 4) is 0 Å². The SMILES string of the molecule is O/N=C(/CSc1ccccc1F)c1cc(Cl)sc1Cl. The summed E-state index contributed by atoms with van der Waals surface area (Å²) < 4.78 is 14.4. The Balaban J connectivity index is 2.14. The monoisotopic (exact) mass is 335 g/mol. The molecule has 1 aromatic carbocycles. The Kier molecular flexibility index (Phi) is 5.10. The summed E-state index contributed by atoms with van der Waals surface area (Å²) in [6, 6.07) is 8.04. The van der Waals surface area contributed by atoms with Gasteiger partial charge in [0, 0.05) is 16.2 Å². The van der Waals surface area contributed by atoms with Gasteiger partial charge in [0.2, 0.25) is 0 Å². The van der Waals surface area contributed by atoms with E-state index in [0.29, 0.717) is 30.6 Å². The lowest BCUT2D eigenvalue weighted by Crippen LogP contribution is -2.04. The number of hydrogen-bond donors (Lipinski definition) is 1. The zero-order valence-electron chi connectivity index (χ0n) is 9.44. The van der Waals surface area contributed by atoms with Gasteiger partial charge in [-0.05, 0) is 18.2 Å². The number of nitrogens with zero attached hydrogens (tertiary/aromatic N) is 1. The zero-order chi connectivity index (χ0) is 13.8. The molecule has 19 heavy (non-hydrogen) atoms. The van der Waals surface area contributed by atoms with Gasteiger partial charge in [0.25, 0.3) is 0 Å². The molecule has 2 nitrogen and oxygen atoms in total. The van der Waals surface area contributed by atoms with Crippen molar-refractivity contribution < 1.29 is 9.60 Å². The molecule has 0 atom stereocenters. The zero-order valence-corrected chi connectivity index (χ0v) is 12.6. The van der Waals surface area contributed by atoms with E-state index < -0.39 is 0 Å². The van der Waals surface area contributed by atoms with Crippen LogP contribution in [0.5, 0.6) is 0 Å². The summed E-state index contributed by atoms with van der Waals surface area (Å²) in [6.07, 6.45) is 0. The topological polar surface area (TPSA) is 32.6 Å². The van der Waals surface area contributed by atoms with E-state index in [2.05, 4.69) is 5.16 Å². The lowest BCUT2D eigenvalue weighted by atomic mass is 10.2. The third-order valence-corrected chi connectivity index (χ3v) is 4.84. The summed E-state index contributed by atoms with van der Waals surface area (Å²) in [7, 11) is 0. The second-order valence-electron chi connectivity index (χ2n) is 3.50. The van der Waals surface area contributed by atoms with E-state index in [1.54, 1.807) is 24.3 Å². The molecule has 0 unspecified atom stereocenters. The summed E-state index contributed by atoms with van der Waals surface area (Å²) in [5.41, 5.74) is 0.935. The average Bonchev–Trinajstić information content (AvgIpc) is 2.72. The van der Waals surface area contributed by atoms with Crippen molar-refractivity contribution in [3.63, 3.8) is 0 Å². The van der Waals surface area contributed by atoms with Crippen molar-refractivity contribution in [3.05, 3.63) is 50.4 Å². The number of rotatable bonds is 4. The van der Waals surface area contributed by atoms with Gasteiger partial charge in [-0.1, -0.05) is 40.5 Å². The van der Waals surface area contributed by atoms with Crippen molar-refractivity contribution in [2.24, 2.45) is 5.16 Å². The minimum atomic E-state index is -0.306. The predicted octanol–water partition coefficient (Wildman–Crippen LogP) is 5.16.